The molecule has 0 saturated heterocycles. The van der Waals surface area contributed by atoms with E-state index in [-0.39, 0.29) is 28.5 Å². The normalized spacial score (nSPS) is 13.0. The molecule has 34 heavy (non-hydrogen) atoms. The Balaban J connectivity index is 1.51. The molecule has 0 bridgehead atoms. The van der Waals surface area contributed by atoms with E-state index in [1.165, 1.54) is 31.2 Å². The maximum absolute atomic E-state index is 12.7. The van der Waals surface area contributed by atoms with E-state index in [1.54, 1.807) is 25.3 Å². The first-order chi connectivity index (χ1) is 16.1. The molecule has 0 fully saturated rings. The predicted molar refractivity (Wildman–Crippen MR) is 126 cm³/mol. The lowest BCUT2D eigenvalue weighted by atomic mass is 10.0. The summed E-state index contributed by atoms with van der Waals surface area (Å²) in [6, 6.07) is 7.81. The fraction of sp³-hybridized carbons (Fsp3) is 0.208. The number of carbonyl (C=O) groups excluding carboxylic acids is 1. The van der Waals surface area contributed by atoms with E-state index < -0.39 is 29.6 Å². The minimum Gasteiger partial charge on any atom is -0.508 e. The molecular formula is C24H21ClN2O7. The number of phenols is 1. The predicted octanol–water partition coefficient (Wildman–Crippen LogP) is 3.52. The molecule has 9 nitrogen and oxygen atoms in total. The standard InChI is InChI=1S/C24H21ClN2O7/c1-11-5-22(29)34-20-9-21(17(25)8-15(11)20)33-12(2)23(30)27-19(24(31)32)6-13-10-26-18-4-3-14(28)7-16(13)18/h3-5,7-10,12,19,26,28H,6H2,1-2H3,(H,27,30)(H,31,32)/t12-,19-/m1/s1. The first kappa shape index (κ1) is 23.2. The third-order valence-electron chi connectivity index (χ3n) is 5.47. The molecule has 2 aromatic carbocycles. The Morgan fingerprint density at radius 2 is 1.97 bits per heavy atom. The quantitative estimate of drug-likeness (QED) is 0.294. The number of rotatable bonds is 7. The summed E-state index contributed by atoms with van der Waals surface area (Å²) in [5, 5.41) is 23.4. The lowest BCUT2D eigenvalue weighted by molar-refractivity contribution is -0.142. The van der Waals surface area contributed by atoms with Crippen LogP contribution < -0.4 is 15.7 Å². The van der Waals surface area contributed by atoms with Gasteiger partial charge in [0.25, 0.3) is 5.91 Å². The van der Waals surface area contributed by atoms with Gasteiger partial charge in [0.05, 0.1) is 5.02 Å². The van der Waals surface area contributed by atoms with E-state index in [0.29, 0.717) is 21.9 Å². The maximum Gasteiger partial charge on any atom is 0.336 e. The number of carbonyl (C=O) groups is 2. The van der Waals surface area contributed by atoms with E-state index in [9.17, 15) is 24.6 Å². The molecule has 0 aliphatic rings. The number of fused-ring (bicyclic) bond motifs is 2. The number of carboxylic acid groups (broad SMARTS) is 1. The molecule has 4 rings (SSSR count). The highest BCUT2D eigenvalue weighted by Gasteiger charge is 2.26. The van der Waals surface area contributed by atoms with Gasteiger partial charge >= 0.3 is 11.6 Å². The van der Waals surface area contributed by atoms with Crippen LogP contribution in [-0.4, -0.2) is 39.2 Å². The summed E-state index contributed by atoms with van der Waals surface area (Å²) in [7, 11) is 0. The molecule has 4 N–H and O–H groups in total. The Bertz CT molecular complexity index is 1470. The molecule has 4 aromatic rings. The van der Waals surface area contributed by atoms with Crippen LogP contribution in [0.2, 0.25) is 5.02 Å². The fourth-order valence-corrected chi connectivity index (χ4v) is 3.91. The van der Waals surface area contributed by atoms with Crippen molar-refractivity contribution in [2.45, 2.75) is 32.4 Å². The number of aliphatic carboxylic acids is 1. The number of ether oxygens (including phenoxy) is 1. The van der Waals surface area contributed by atoms with Gasteiger partial charge in [-0.1, -0.05) is 11.6 Å². The first-order valence-corrected chi connectivity index (χ1v) is 10.7. The molecule has 0 saturated carbocycles. The van der Waals surface area contributed by atoms with E-state index in [1.807, 2.05) is 0 Å². The number of aromatic nitrogens is 1. The van der Waals surface area contributed by atoms with Crippen molar-refractivity contribution in [1.82, 2.24) is 10.3 Å². The number of aromatic amines is 1. The second-order valence-electron chi connectivity index (χ2n) is 7.93. The summed E-state index contributed by atoms with van der Waals surface area (Å²) >= 11 is 6.29. The second-order valence-corrected chi connectivity index (χ2v) is 8.34. The molecule has 176 valence electrons. The van der Waals surface area contributed by atoms with Gasteiger partial charge in [-0.15, -0.1) is 0 Å². The van der Waals surface area contributed by atoms with Crippen LogP contribution in [0.15, 0.2) is 51.8 Å². The van der Waals surface area contributed by atoms with Crippen LogP contribution in [0.4, 0.5) is 0 Å². The van der Waals surface area contributed by atoms with Crippen molar-refractivity contribution in [2.24, 2.45) is 0 Å². The van der Waals surface area contributed by atoms with Gasteiger partial charge in [0, 0.05) is 41.0 Å². The van der Waals surface area contributed by atoms with E-state index >= 15 is 0 Å². The molecule has 0 aliphatic carbocycles. The number of halogens is 1. The van der Waals surface area contributed by atoms with Crippen molar-refractivity contribution in [3.8, 4) is 11.5 Å². The van der Waals surface area contributed by atoms with Crippen molar-refractivity contribution < 1.29 is 29.0 Å². The van der Waals surface area contributed by atoms with Gasteiger partial charge in [-0.25, -0.2) is 9.59 Å². The van der Waals surface area contributed by atoms with Crippen LogP contribution in [0.3, 0.4) is 0 Å². The van der Waals surface area contributed by atoms with Crippen molar-refractivity contribution in [1.29, 1.82) is 0 Å². The summed E-state index contributed by atoms with van der Waals surface area (Å²) in [6.45, 7) is 3.19. The number of phenolic OH excluding ortho intramolecular Hbond substituents is 1. The zero-order valence-electron chi connectivity index (χ0n) is 18.2. The van der Waals surface area contributed by atoms with E-state index in [0.717, 1.165) is 5.52 Å². The summed E-state index contributed by atoms with van der Waals surface area (Å²) in [4.78, 5) is 39.2. The van der Waals surface area contributed by atoms with Gasteiger partial charge in [-0.3, -0.25) is 4.79 Å². The highest BCUT2D eigenvalue weighted by molar-refractivity contribution is 6.32. The van der Waals surface area contributed by atoms with Crippen molar-refractivity contribution >= 4 is 45.3 Å². The largest absolute Gasteiger partial charge is 0.508 e. The number of amides is 1. The first-order valence-electron chi connectivity index (χ1n) is 10.3. The molecule has 10 heteroatoms. The van der Waals surface area contributed by atoms with Gasteiger partial charge < -0.3 is 29.7 Å². The number of H-pyrrole nitrogens is 1. The summed E-state index contributed by atoms with van der Waals surface area (Å²) in [5.41, 5.74) is 1.75. The van der Waals surface area contributed by atoms with Crippen LogP contribution in [0.5, 0.6) is 11.5 Å². The fourth-order valence-electron chi connectivity index (χ4n) is 3.70. The van der Waals surface area contributed by atoms with E-state index in [4.69, 9.17) is 20.8 Å². The van der Waals surface area contributed by atoms with Gasteiger partial charge in [-0.05, 0) is 49.2 Å². The average molecular weight is 485 g/mol. The van der Waals surface area contributed by atoms with Crippen LogP contribution in [0.25, 0.3) is 21.9 Å². The van der Waals surface area contributed by atoms with Crippen LogP contribution >= 0.6 is 11.6 Å². The van der Waals surface area contributed by atoms with Gasteiger partial charge in [0.15, 0.2) is 6.10 Å². The molecule has 1 amide bonds. The second kappa shape index (κ2) is 9.11. The number of hydrogen-bond acceptors (Lipinski definition) is 6. The lowest BCUT2D eigenvalue weighted by Crippen LogP contribution is -2.47. The third-order valence-corrected chi connectivity index (χ3v) is 5.76. The number of carboxylic acids is 1. The maximum atomic E-state index is 12.7. The number of benzene rings is 2. The average Bonchev–Trinajstić information content (AvgIpc) is 3.16. The topological polar surface area (TPSA) is 142 Å². The summed E-state index contributed by atoms with van der Waals surface area (Å²) in [6.07, 6.45) is 0.523. The molecule has 2 atom stereocenters. The van der Waals surface area contributed by atoms with Crippen LogP contribution in [0.1, 0.15) is 18.1 Å². The van der Waals surface area contributed by atoms with E-state index in [2.05, 4.69) is 10.3 Å². The molecule has 0 unspecified atom stereocenters. The minimum atomic E-state index is -1.24. The molecule has 0 aliphatic heterocycles. The summed E-state index contributed by atoms with van der Waals surface area (Å²) < 4.78 is 10.8. The Hall–Kier alpha value is -3.98. The minimum absolute atomic E-state index is 0.0155. The highest BCUT2D eigenvalue weighted by Crippen LogP contribution is 2.31. The molecule has 0 spiro atoms. The molecule has 2 aromatic heterocycles. The zero-order chi connectivity index (χ0) is 24.6. The SMILES string of the molecule is Cc1cc(=O)oc2cc(O[C@H](C)C(=O)N[C@H](Cc3c[nH]c4ccc(O)cc34)C(=O)O)c(Cl)cc12. The highest BCUT2D eigenvalue weighted by atomic mass is 35.5. The number of hydrogen-bond donors (Lipinski definition) is 4. The monoisotopic (exact) mass is 484 g/mol. The van der Waals surface area contributed by atoms with Crippen molar-refractivity contribution in [3.63, 3.8) is 0 Å². The molecule has 0 radical (unpaired) electrons. The van der Waals surface area contributed by atoms with Gasteiger partial charge in [0.2, 0.25) is 0 Å². The number of aryl methyl sites for hydroxylation is 1. The number of nitrogens with one attached hydrogen (secondary N) is 2. The smallest absolute Gasteiger partial charge is 0.336 e. The van der Waals surface area contributed by atoms with Crippen LogP contribution in [-0.2, 0) is 16.0 Å². The molecular weight excluding hydrogens is 464 g/mol. The molecule has 2 heterocycles. The van der Waals surface area contributed by atoms with Crippen molar-refractivity contribution in [2.75, 3.05) is 0 Å². The van der Waals surface area contributed by atoms with Gasteiger partial charge in [-0.2, -0.15) is 0 Å². The third kappa shape index (κ3) is 4.69. The zero-order valence-corrected chi connectivity index (χ0v) is 19.0. The van der Waals surface area contributed by atoms with Crippen molar-refractivity contribution in [3.05, 3.63) is 69.2 Å². The Kier molecular flexibility index (Phi) is 6.21. The Labute approximate surface area is 197 Å². The Morgan fingerprint density at radius 1 is 1.21 bits per heavy atom. The Morgan fingerprint density at radius 3 is 2.71 bits per heavy atom. The van der Waals surface area contributed by atoms with Crippen LogP contribution in [0, 0.1) is 6.92 Å². The van der Waals surface area contributed by atoms with Gasteiger partial charge in [0.1, 0.15) is 23.1 Å². The number of aromatic hydroxyl groups is 1. The summed E-state index contributed by atoms with van der Waals surface area (Å²) in [5.74, 6) is -1.73. The lowest BCUT2D eigenvalue weighted by Gasteiger charge is -2.19.